The molecule has 3 N–H and O–H groups in total. The molecule has 1 rings (SSSR count). The largest absolute Gasteiger partial charge is 0.480 e. The van der Waals surface area contributed by atoms with Crippen LogP contribution in [0.25, 0.3) is 0 Å². The lowest BCUT2D eigenvalue weighted by atomic mass is 9.85. The molecule has 0 amide bonds. The third kappa shape index (κ3) is 5.29. The van der Waals surface area contributed by atoms with Gasteiger partial charge in [0.05, 0.1) is 0 Å². The van der Waals surface area contributed by atoms with Crippen molar-refractivity contribution in [2.45, 2.75) is 51.5 Å². The zero-order valence-electron chi connectivity index (χ0n) is 12.2. The number of hydrogen-bond donors (Lipinski definition) is 2. The number of carboxylic acids is 1. The molecule has 20 heavy (non-hydrogen) atoms. The van der Waals surface area contributed by atoms with Gasteiger partial charge in [-0.1, -0.05) is 31.9 Å². The lowest BCUT2D eigenvalue weighted by Crippen LogP contribution is -2.46. The standard InChI is InChI=1S/C16H24FNO2/c1-3-12(11-16(2,18)15(19)20)5-4-6-13-7-9-14(17)10-8-13/h7-10,12H,3-6,11,18H2,1-2H3,(H,19,20). The van der Waals surface area contributed by atoms with Crippen LogP contribution in [0, 0.1) is 11.7 Å². The van der Waals surface area contributed by atoms with E-state index >= 15 is 0 Å². The van der Waals surface area contributed by atoms with Gasteiger partial charge in [-0.15, -0.1) is 0 Å². The monoisotopic (exact) mass is 281 g/mol. The summed E-state index contributed by atoms with van der Waals surface area (Å²) >= 11 is 0. The molecule has 0 bridgehead atoms. The quantitative estimate of drug-likeness (QED) is 0.768. The molecule has 1 aromatic rings. The number of carboxylic acid groups (broad SMARTS) is 1. The summed E-state index contributed by atoms with van der Waals surface area (Å²) in [5.41, 5.74) is 5.74. The Bertz CT molecular complexity index is 429. The van der Waals surface area contributed by atoms with Gasteiger partial charge < -0.3 is 10.8 Å². The van der Waals surface area contributed by atoms with Crippen LogP contribution >= 0.6 is 0 Å². The predicted molar refractivity (Wildman–Crippen MR) is 78.0 cm³/mol. The molecule has 0 heterocycles. The van der Waals surface area contributed by atoms with Crippen molar-refractivity contribution in [2.24, 2.45) is 11.7 Å². The Morgan fingerprint density at radius 3 is 2.50 bits per heavy atom. The molecule has 4 heteroatoms. The molecule has 0 aromatic heterocycles. The summed E-state index contributed by atoms with van der Waals surface area (Å²) in [5, 5.41) is 9.05. The topological polar surface area (TPSA) is 63.3 Å². The van der Waals surface area contributed by atoms with Gasteiger partial charge in [-0.25, -0.2) is 4.39 Å². The highest BCUT2D eigenvalue weighted by Gasteiger charge is 2.30. The molecule has 0 radical (unpaired) electrons. The number of rotatable bonds is 8. The molecule has 3 nitrogen and oxygen atoms in total. The van der Waals surface area contributed by atoms with Crippen LogP contribution in [0.1, 0.15) is 45.1 Å². The first-order valence-electron chi connectivity index (χ1n) is 7.12. The maximum absolute atomic E-state index is 12.8. The molecular weight excluding hydrogens is 257 g/mol. The van der Waals surface area contributed by atoms with Crippen molar-refractivity contribution in [3.63, 3.8) is 0 Å². The van der Waals surface area contributed by atoms with E-state index in [1.54, 1.807) is 19.1 Å². The molecule has 0 saturated heterocycles. The third-order valence-corrected chi connectivity index (χ3v) is 3.77. The minimum Gasteiger partial charge on any atom is -0.480 e. The Balaban J connectivity index is 2.42. The summed E-state index contributed by atoms with van der Waals surface area (Å²) in [7, 11) is 0. The summed E-state index contributed by atoms with van der Waals surface area (Å²) in [4.78, 5) is 11.0. The average Bonchev–Trinajstić information content (AvgIpc) is 2.39. The van der Waals surface area contributed by atoms with Gasteiger partial charge >= 0.3 is 5.97 Å². The van der Waals surface area contributed by atoms with E-state index in [2.05, 4.69) is 6.92 Å². The van der Waals surface area contributed by atoms with Gasteiger partial charge in [0.1, 0.15) is 11.4 Å². The van der Waals surface area contributed by atoms with Crippen LogP contribution in [0.5, 0.6) is 0 Å². The van der Waals surface area contributed by atoms with Crippen LogP contribution < -0.4 is 5.73 Å². The second-order valence-corrected chi connectivity index (χ2v) is 5.72. The summed E-state index contributed by atoms with van der Waals surface area (Å²) < 4.78 is 12.8. The highest BCUT2D eigenvalue weighted by molar-refractivity contribution is 5.77. The number of aliphatic carboxylic acids is 1. The van der Waals surface area contributed by atoms with Gasteiger partial charge in [0.25, 0.3) is 0 Å². The van der Waals surface area contributed by atoms with Gasteiger partial charge in [0.15, 0.2) is 0 Å². The van der Waals surface area contributed by atoms with Crippen molar-refractivity contribution >= 4 is 5.97 Å². The first-order valence-corrected chi connectivity index (χ1v) is 7.12. The van der Waals surface area contributed by atoms with Crippen molar-refractivity contribution in [1.29, 1.82) is 0 Å². The highest BCUT2D eigenvalue weighted by Crippen LogP contribution is 2.23. The van der Waals surface area contributed by atoms with Crippen molar-refractivity contribution in [2.75, 3.05) is 0 Å². The van der Waals surface area contributed by atoms with Crippen LogP contribution in [0.3, 0.4) is 0 Å². The zero-order valence-corrected chi connectivity index (χ0v) is 12.2. The first-order chi connectivity index (χ1) is 9.35. The van der Waals surface area contributed by atoms with E-state index in [1.807, 2.05) is 0 Å². The number of aryl methyl sites for hydroxylation is 1. The van der Waals surface area contributed by atoms with E-state index in [-0.39, 0.29) is 5.82 Å². The number of hydrogen-bond acceptors (Lipinski definition) is 2. The Morgan fingerprint density at radius 2 is 2.00 bits per heavy atom. The minimum absolute atomic E-state index is 0.222. The van der Waals surface area contributed by atoms with Gasteiger partial charge in [0.2, 0.25) is 0 Å². The molecule has 0 spiro atoms. The van der Waals surface area contributed by atoms with Crippen LogP contribution in [-0.2, 0) is 11.2 Å². The van der Waals surface area contributed by atoms with Crippen molar-refractivity contribution in [3.05, 3.63) is 35.6 Å². The fourth-order valence-electron chi connectivity index (χ4n) is 2.38. The van der Waals surface area contributed by atoms with E-state index in [1.165, 1.54) is 12.1 Å². The normalized spacial score (nSPS) is 15.6. The number of benzene rings is 1. The summed E-state index contributed by atoms with van der Waals surface area (Å²) in [5.74, 6) is -0.864. The second kappa shape index (κ2) is 7.39. The molecule has 0 saturated carbocycles. The lowest BCUT2D eigenvalue weighted by Gasteiger charge is -2.25. The minimum atomic E-state index is -1.16. The van der Waals surface area contributed by atoms with E-state index < -0.39 is 11.5 Å². The Morgan fingerprint density at radius 1 is 1.40 bits per heavy atom. The highest BCUT2D eigenvalue weighted by atomic mass is 19.1. The van der Waals surface area contributed by atoms with E-state index in [0.717, 1.165) is 31.2 Å². The molecule has 1 aromatic carbocycles. The maximum Gasteiger partial charge on any atom is 0.323 e. The molecule has 0 aliphatic rings. The molecule has 2 atom stereocenters. The summed E-state index contributed by atoms with van der Waals surface area (Å²) in [6.45, 7) is 3.62. The molecule has 0 aliphatic carbocycles. The number of halogens is 1. The van der Waals surface area contributed by atoms with Crippen LogP contribution in [-0.4, -0.2) is 16.6 Å². The van der Waals surface area contributed by atoms with E-state index in [0.29, 0.717) is 12.3 Å². The first kappa shape index (κ1) is 16.6. The Hall–Kier alpha value is -1.42. The van der Waals surface area contributed by atoms with Crippen LogP contribution in [0.15, 0.2) is 24.3 Å². The zero-order chi connectivity index (χ0) is 15.2. The molecule has 112 valence electrons. The van der Waals surface area contributed by atoms with Gasteiger partial charge in [-0.2, -0.15) is 0 Å². The lowest BCUT2D eigenvalue weighted by molar-refractivity contribution is -0.143. The molecule has 0 aliphatic heterocycles. The second-order valence-electron chi connectivity index (χ2n) is 5.72. The Kier molecular flexibility index (Phi) is 6.14. The fraction of sp³-hybridized carbons (Fsp3) is 0.562. The van der Waals surface area contributed by atoms with Gasteiger partial charge in [-0.3, -0.25) is 4.79 Å². The van der Waals surface area contributed by atoms with E-state index in [4.69, 9.17) is 10.8 Å². The SMILES string of the molecule is CCC(CCCc1ccc(F)cc1)CC(C)(N)C(=O)O. The number of carbonyl (C=O) groups is 1. The summed E-state index contributed by atoms with van der Waals surface area (Å²) in [6, 6.07) is 6.52. The predicted octanol–water partition coefficient (Wildman–Crippen LogP) is 3.37. The fourth-order valence-corrected chi connectivity index (χ4v) is 2.38. The maximum atomic E-state index is 12.8. The smallest absolute Gasteiger partial charge is 0.323 e. The van der Waals surface area contributed by atoms with Crippen molar-refractivity contribution in [1.82, 2.24) is 0 Å². The number of nitrogens with two attached hydrogens (primary N) is 1. The van der Waals surface area contributed by atoms with Crippen molar-refractivity contribution in [3.8, 4) is 0 Å². The molecule has 0 fully saturated rings. The average molecular weight is 281 g/mol. The third-order valence-electron chi connectivity index (χ3n) is 3.77. The van der Waals surface area contributed by atoms with E-state index in [9.17, 15) is 9.18 Å². The Labute approximate surface area is 120 Å². The summed E-state index contributed by atoms with van der Waals surface area (Å²) in [6.07, 6.45) is 4.19. The van der Waals surface area contributed by atoms with Gasteiger partial charge in [0, 0.05) is 0 Å². The van der Waals surface area contributed by atoms with Gasteiger partial charge in [-0.05, 0) is 49.8 Å². The molecule has 2 unspecified atom stereocenters. The van der Waals surface area contributed by atoms with Crippen LogP contribution in [0.2, 0.25) is 0 Å². The molecular formula is C16H24FNO2. The van der Waals surface area contributed by atoms with Crippen LogP contribution in [0.4, 0.5) is 4.39 Å². The van der Waals surface area contributed by atoms with Crippen molar-refractivity contribution < 1.29 is 14.3 Å².